The molecule has 0 amide bonds. The second-order valence-corrected chi connectivity index (χ2v) is 8.19. The Labute approximate surface area is 214 Å². The fraction of sp³-hybridized carbons (Fsp3) is 0.111. The Morgan fingerprint density at radius 1 is 0.889 bits per heavy atom. The molecule has 0 unspecified atom stereocenters. The van der Waals surface area contributed by atoms with Gasteiger partial charge in [0.05, 0.1) is 31.2 Å². The average Bonchev–Trinajstić information content (AvgIpc) is 2.89. The van der Waals surface area contributed by atoms with E-state index in [4.69, 9.17) is 28.1 Å². The van der Waals surface area contributed by atoms with E-state index < -0.39 is 5.97 Å². The molecule has 0 N–H and O–H groups in total. The highest BCUT2D eigenvalue weighted by atomic mass is 79.9. The smallest absolute Gasteiger partial charge is 0.336 e. The molecule has 184 valence electrons. The number of fused-ring (bicyclic) bond motifs is 1. The topological polar surface area (TPSA) is 93.4 Å². The number of carbonyl (C=O) groups excluding carboxylic acids is 1. The molecule has 0 saturated heterocycles. The van der Waals surface area contributed by atoms with E-state index >= 15 is 0 Å². The summed E-state index contributed by atoms with van der Waals surface area (Å²) in [7, 11) is 4.52. The molecule has 4 aromatic rings. The highest BCUT2D eigenvalue weighted by molar-refractivity contribution is 9.10. The zero-order chi connectivity index (χ0) is 25.7. The summed E-state index contributed by atoms with van der Waals surface area (Å²) in [4.78, 5) is 25.2. The van der Waals surface area contributed by atoms with Gasteiger partial charge in [-0.15, -0.1) is 0 Å². The standard InChI is InChI=1S/C27H21BrO8/c1-31-22-12-16(13-23(32-2)27(22)33-3)8-11-25(29)35-17-9-10-18-21(14-17)34-15-24(26(18)30)36-20-7-5-4-6-19(20)28/h4-15H,1-3H3. The number of rotatable bonds is 8. The fourth-order valence-electron chi connectivity index (χ4n) is 3.38. The van der Waals surface area contributed by atoms with Crippen LogP contribution in [-0.2, 0) is 4.79 Å². The number of esters is 1. The minimum atomic E-state index is -0.626. The lowest BCUT2D eigenvalue weighted by atomic mass is 10.1. The van der Waals surface area contributed by atoms with Crippen molar-refractivity contribution in [2.45, 2.75) is 0 Å². The average molecular weight is 553 g/mol. The van der Waals surface area contributed by atoms with Crippen molar-refractivity contribution in [1.82, 2.24) is 0 Å². The molecule has 0 fully saturated rings. The molecule has 3 aromatic carbocycles. The molecule has 0 spiro atoms. The summed E-state index contributed by atoms with van der Waals surface area (Å²) in [6, 6.07) is 15.0. The highest BCUT2D eigenvalue weighted by Crippen LogP contribution is 2.38. The first kappa shape index (κ1) is 24.9. The second kappa shape index (κ2) is 11.0. The first-order chi connectivity index (χ1) is 17.4. The van der Waals surface area contributed by atoms with Gasteiger partial charge in [-0.1, -0.05) is 12.1 Å². The van der Waals surface area contributed by atoms with Crippen molar-refractivity contribution in [1.29, 1.82) is 0 Å². The number of carbonyl (C=O) groups is 1. The van der Waals surface area contributed by atoms with Gasteiger partial charge >= 0.3 is 5.97 Å². The third kappa shape index (κ3) is 5.36. The fourth-order valence-corrected chi connectivity index (χ4v) is 3.75. The van der Waals surface area contributed by atoms with Crippen LogP contribution in [-0.4, -0.2) is 27.3 Å². The van der Waals surface area contributed by atoms with Crippen LogP contribution in [0.2, 0.25) is 0 Å². The Bertz CT molecular complexity index is 1480. The maximum atomic E-state index is 12.8. The van der Waals surface area contributed by atoms with Crippen LogP contribution in [0.4, 0.5) is 0 Å². The lowest BCUT2D eigenvalue weighted by molar-refractivity contribution is -0.128. The van der Waals surface area contributed by atoms with Crippen LogP contribution in [0.15, 0.2) is 80.6 Å². The van der Waals surface area contributed by atoms with Crippen LogP contribution in [0, 0.1) is 0 Å². The van der Waals surface area contributed by atoms with Gasteiger partial charge in [0.1, 0.15) is 23.3 Å². The monoisotopic (exact) mass is 552 g/mol. The van der Waals surface area contributed by atoms with Crippen molar-refractivity contribution >= 4 is 38.9 Å². The summed E-state index contributed by atoms with van der Waals surface area (Å²) in [5.41, 5.74) is 0.536. The molecule has 0 aliphatic rings. The van der Waals surface area contributed by atoms with Gasteiger partial charge in [-0.05, 0) is 64.0 Å². The molecule has 0 radical (unpaired) electrons. The summed E-state index contributed by atoms with van der Waals surface area (Å²) in [5, 5.41) is 0.285. The Morgan fingerprint density at radius 2 is 1.61 bits per heavy atom. The molecule has 8 nitrogen and oxygen atoms in total. The van der Waals surface area contributed by atoms with Gasteiger partial charge in [-0.3, -0.25) is 4.79 Å². The van der Waals surface area contributed by atoms with E-state index in [2.05, 4.69) is 15.9 Å². The van der Waals surface area contributed by atoms with Gasteiger partial charge in [-0.2, -0.15) is 0 Å². The van der Waals surface area contributed by atoms with Crippen molar-refractivity contribution < 1.29 is 32.9 Å². The quantitative estimate of drug-likeness (QED) is 0.149. The van der Waals surface area contributed by atoms with Gasteiger partial charge in [0.15, 0.2) is 11.5 Å². The van der Waals surface area contributed by atoms with Crippen LogP contribution in [0.1, 0.15) is 5.56 Å². The van der Waals surface area contributed by atoms with Gasteiger partial charge in [0.25, 0.3) is 0 Å². The SMILES string of the molecule is COc1cc(C=CC(=O)Oc2ccc3c(=O)c(Oc4ccccc4Br)coc3c2)cc(OC)c1OC. The molecular weight excluding hydrogens is 532 g/mol. The number of ether oxygens (including phenoxy) is 5. The molecule has 36 heavy (non-hydrogen) atoms. The second-order valence-electron chi connectivity index (χ2n) is 7.33. The Kier molecular flexibility index (Phi) is 7.60. The lowest BCUT2D eigenvalue weighted by Crippen LogP contribution is -2.06. The summed E-state index contributed by atoms with van der Waals surface area (Å²) < 4.78 is 33.3. The predicted octanol–water partition coefficient (Wildman–Crippen LogP) is 5.99. The summed E-state index contributed by atoms with van der Waals surface area (Å²) in [6.07, 6.45) is 4.04. The maximum Gasteiger partial charge on any atom is 0.336 e. The largest absolute Gasteiger partial charge is 0.493 e. The minimum absolute atomic E-state index is 0.0347. The Morgan fingerprint density at radius 3 is 2.28 bits per heavy atom. The highest BCUT2D eigenvalue weighted by Gasteiger charge is 2.14. The number of para-hydroxylation sites is 1. The Hall–Kier alpha value is -4.24. The number of methoxy groups -OCH3 is 3. The predicted molar refractivity (Wildman–Crippen MR) is 137 cm³/mol. The van der Waals surface area contributed by atoms with Crippen LogP contribution in [0.5, 0.6) is 34.5 Å². The molecule has 1 aromatic heterocycles. The third-order valence-electron chi connectivity index (χ3n) is 5.09. The maximum absolute atomic E-state index is 12.8. The zero-order valence-electron chi connectivity index (χ0n) is 19.6. The van der Waals surface area contributed by atoms with Crippen molar-refractivity contribution in [2.75, 3.05) is 21.3 Å². The molecule has 0 aliphatic carbocycles. The van der Waals surface area contributed by atoms with E-state index in [0.29, 0.717) is 33.0 Å². The van der Waals surface area contributed by atoms with Gasteiger partial charge in [0, 0.05) is 12.1 Å². The third-order valence-corrected chi connectivity index (χ3v) is 5.74. The normalized spacial score (nSPS) is 10.9. The number of halogens is 1. The van der Waals surface area contributed by atoms with E-state index in [9.17, 15) is 9.59 Å². The lowest BCUT2D eigenvalue weighted by Gasteiger charge is -2.12. The number of hydrogen-bond acceptors (Lipinski definition) is 8. The number of hydrogen-bond donors (Lipinski definition) is 0. The summed E-state index contributed by atoms with van der Waals surface area (Å²) in [5.74, 6) is 1.46. The molecule has 4 rings (SSSR count). The van der Waals surface area contributed by atoms with E-state index in [-0.39, 0.29) is 27.9 Å². The van der Waals surface area contributed by atoms with Crippen molar-refractivity contribution in [2.24, 2.45) is 0 Å². The van der Waals surface area contributed by atoms with E-state index in [1.807, 2.05) is 6.07 Å². The van der Waals surface area contributed by atoms with Crippen LogP contribution in [0.25, 0.3) is 17.0 Å². The molecule has 0 bridgehead atoms. The van der Waals surface area contributed by atoms with Crippen molar-refractivity contribution in [3.63, 3.8) is 0 Å². The van der Waals surface area contributed by atoms with Gasteiger partial charge in [-0.25, -0.2) is 4.79 Å². The van der Waals surface area contributed by atoms with Gasteiger partial charge in [0.2, 0.25) is 16.9 Å². The molecule has 0 saturated carbocycles. The van der Waals surface area contributed by atoms with E-state index in [1.54, 1.807) is 36.4 Å². The van der Waals surface area contributed by atoms with E-state index in [1.165, 1.54) is 51.9 Å². The van der Waals surface area contributed by atoms with Crippen LogP contribution in [0.3, 0.4) is 0 Å². The number of benzene rings is 3. The van der Waals surface area contributed by atoms with Gasteiger partial charge < -0.3 is 28.1 Å². The molecule has 0 aliphatic heterocycles. The molecule has 0 atom stereocenters. The zero-order valence-corrected chi connectivity index (χ0v) is 21.2. The molecule has 9 heteroatoms. The minimum Gasteiger partial charge on any atom is -0.493 e. The summed E-state index contributed by atoms with van der Waals surface area (Å²) in [6.45, 7) is 0. The van der Waals surface area contributed by atoms with Crippen LogP contribution >= 0.6 is 15.9 Å². The van der Waals surface area contributed by atoms with Crippen molar-refractivity contribution in [3.05, 3.63) is 87.2 Å². The summed E-state index contributed by atoms with van der Waals surface area (Å²) >= 11 is 3.38. The van der Waals surface area contributed by atoms with Crippen LogP contribution < -0.4 is 29.1 Å². The first-order valence-corrected chi connectivity index (χ1v) is 11.4. The Balaban J connectivity index is 1.51. The molecular formula is C27H21BrO8. The first-order valence-electron chi connectivity index (χ1n) is 10.6. The van der Waals surface area contributed by atoms with E-state index in [0.717, 1.165) is 0 Å². The molecule has 1 heterocycles. The van der Waals surface area contributed by atoms with Crippen molar-refractivity contribution in [3.8, 4) is 34.5 Å².